The van der Waals surface area contributed by atoms with Gasteiger partial charge in [-0.1, -0.05) is 5.16 Å². The maximum absolute atomic E-state index is 13.4. The molecule has 1 aromatic rings. The molecule has 0 aliphatic carbocycles. The van der Waals surface area contributed by atoms with E-state index < -0.39 is 23.3 Å². The molecule has 0 unspecified atom stereocenters. The number of hydrogen-bond donors (Lipinski definition) is 2. The van der Waals surface area contributed by atoms with Crippen molar-refractivity contribution in [1.82, 2.24) is 5.32 Å². The van der Waals surface area contributed by atoms with Crippen molar-refractivity contribution >= 4 is 17.4 Å². The molecule has 0 saturated carbocycles. The Labute approximate surface area is 115 Å². The molecule has 0 spiro atoms. The fourth-order valence-corrected chi connectivity index (χ4v) is 1.91. The number of hydrogen-bond acceptors (Lipinski definition) is 3. The second kappa shape index (κ2) is 5.44. The van der Waals surface area contributed by atoms with Crippen LogP contribution in [0.4, 0.5) is 19.3 Å². The number of nitrogens with one attached hydrogen (secondary N) is 2. The third-order valence-electron chi connectivity index (χ3n) is 2.85. The summed E-state index contributed by atoms with van der Waals surface area (Å²) in [5.74, 6) is -1.53. The monoisotopic (exact) mass is 283 g/mol. The molecule has 108 valence electrons. The summed E-state index contributed by atoms with van der Waals surface area (Å²) < 4.78 is 26.1. The van der Waals surface area contributed by atoms with Gasteiger partial charge < -0.3 is 15.5 Å². The van der Waals surface area contributed by atoms with Gasteiger partial charge in [0.25, 0.3) is 0 Å². The second-order valence-corrected chi connectivity index (χ2v) is 4.98. The van der Waals surface area contributed by atoms with Crippen LogP contribution in [0.3, 0.4) is 0 Å². The summed E-state index contributed by atoms with van der Waals surface area (Å²) in [4.78, 5) is 16.9. The summed E-state index contributed by atoms with van der Waals surface area (Å²) in [6.07, 6.45) is 0.609. The smallest absolute Gasteiger partial charge is 0.319 e. The number of rotatable bonds is 3. The highest BCUT2D eigenvalue weighted by molar-refractivity contribution is 5.89. The van der Waals surface area contributed by atoms with Crippen molar-refractivity contribution in [3.63, 3.8) is 0 Å². The largest absolute Gasteiger partial charge is 0.387 e. The van der Waals surface area contributed by atoms with E-state index in [1.54, 1.807) is 0 Å². The lowest BCUT2D eigenvalue weighted by Gasteiger charge is -2.21. The first-order chi connectivity index (χ1) is 9.38. The van der Waals surface area contributed by atoms with Gasteiger partial charge in [-0.2, -0.15) is 0 Å². The molecule has 20 heavy (non-hydrogen) atoms. The second-order valence-electron chi connectivity index (χ2n) is 4.98. The van der Waals surface area contributed by atoms with E-state index in [0.29, 0.717) is 12.5 Å². The lowest BCUT2D eigenvalue weighted by atomic mass is 10.0. The van der Waals surface area contributed by atoms with Crippen molar-refractivity contribution in [2.45, 2.75) is 25.9 Å². The molecule has 0 fully saturated rings. The number of carbonyl (C=O) groups is 1. The zero-order valence-corrected chi connectivity index (χ0v) is 11.2. The fourth-order valence-electron chi connectivity index (χ4n) is 1.91. The standard InChI is InChI=1S/C13H15F2N3O2/c1-8-6-13(2,20-18-8)7-16-12(19)17-11-4-3-9(14)5-10(11)15/h3-5H,6-7H2,1-2H3,(H2,16,17,19)/t13-/m1/s1. The van der Waals surface area contributed by atoms with Crippen molar-refractivity contribution in [2.24, 2.45) is 5.16 Å². The van der Waals surface area contributed by atoms with Crippen LogP contribution in [-0.2, 0) is 4.84 Å². The van der Waals surface area contributed by atoms with Gasteiger partial charge in [0.15, 0.2) is 5.60 Å². The summed E-state index contributed by atoms with van der Waals surface area (Å²) in [5.41, 5.74) is 0.163. The van der Waals surface area contributed by atoms with Crippen molar-refractivity contribution in [3.05, 3.63) is 29.8 Å². The molecule has 2 amide bonds. The van der Waals surface area contributed by atoms with Crippen LogP contribution in [0, 0.1) is 11.6 Å². The molecule has 2 rings (SSSR count). The minimum absolute atomic E-state index is 0.0891. The molecule has 5 nitrogen and oxygen atoms in total. The summed E-state index contributed by atoms with van der Waals surface area (Å²) in [6, 6.07) is 2.33. The van der Waals surface area contributed by atoms with Gasteiger partial charge in [0.2, 0.25) is 0 Å². The Balaban J connectivity index is 1.87. The summed E-state index contributed by atoms with van der Waals surface area (Å²) in [5, 5.41) is 8.69. The summed E-state index contributed by atoms with van der Waals surface area (Å²) >= 11 is 0. The Kier molecular flexibility index (Phi) is 3.87. The molecular weight excluding hydrogens is 268 g/mol. The number of carbonyl (C=O) groups excluding carboxylic acids is 1. The summed E-state index contributed by atoms with van der Waals surface area (Å²) in [6.45, 7) is 3.87. The molecule has 1 atom stereocenters. The van der Waals surface area contributed by atoms with Crippen LogP contribution in [0.5, 0.6) is 0 Å². The van der Waals surface area contributed by atoms with E-state index in [1.807, 2.05) is 13.8 Å². The zero-order chi connectivity index (χ0) is 14.8. The van der Waals surface area contributed by atoms with Crippen LogP contribution in [-0.4, -0.2) is 23.9 Å². The number of benzene rings is 1. The van der Waals surface area contributed by atoms with Crippen LogP contribution in [0.15, 0.2) is 23.4 Å². The van der Waals surface area contributed by atoms with E-state index in [-0.39, 0.29) is 12.2 Å². The number of anilines is 1. The highest BCUT2D eigenvalue weighted by Crippen LogP contribution is 2.22. The Bertz CT molecular complexity index is 563. The lowest BCUT2D eigenvalue weighted by molar-refractivity contribution is -0.0000965. The zero-order valence-electron chi connectivity index (χ0n) is 11.2. The molecule has 1 aliphatic rings. The van der Waals surface area contributed by atoms with E-state index in [2.05, 4.69) is 15.8 Å². The van der Waals surface area contributed by atoms with E-state index >= 15 is 0 Å². The maximum atomic E-state index is 13.4. The third kappa shape index (κ3) is 3.43. The van der Waals surface area contributed by atoms with Crippen molar-refractivity contribution < 1.29 is 18.4 Å². The minimum Gasteiger partial charge on any atom is -0.387 e. The Morgan fingerprint density at radius 2 is 2.25 bits per heavy atom. The molecule has 1 aliphatic heterocycles. The fraction of sp³-hybridized carbons (Fsp3) is 0.385. The maximum Gasteiger partial charge on any atom is 0.319 e. The van der Waals surface area contributed by atoms with Crippen molar-refractivity contribution in [1.29, 1.82) is 0 Å². The number of nitrogens with zero attached hydrogens (tertiary/aromatic N) is 1. The van der Waals surface area contributed by atoms with Gasteiger partial charge in [0.1, 0.15) is 11.6 Å². The molecule has 1 aromatic carbocycles. The predicted octanol–water partition coefficient (Wildman–Crippen LogP) is 2.64. The number of amides is 2. The molecule has 2 N–H and O–H groups in total. The Morgan fingerprint density at radius 3 is 2.85 bits per heavy atom. The average molecular weight is 283 g/mol. The molecule has 0 radical (unpaired) electrons. The van der Waals surface area contributed by atoms with Gasteiger partial charge in [-0.3, -0.25) is 0 Å². The van der Waals surface area contributed by atoms with Crippen LogP contribution in [0.25, 0.3) is 0 Å². The molecule has 7 heteroatoms. The highest BCUT2D eigenvalue weighted by atomic mass is 19.1. The topological polar surface area (TPSA) is 62.7 Å². The molecule has 1 heterocycles. The van der Waals surface area contributed by atoms with Crippen LogP contribution >= 0.6 is 0 Å². The normalized spacial score (nSPS) is 21.1. The van der Waals surface area contributed by atoms with E-state index in [1.165, 1.54) is 0 Å². The van der Waals surface area contributed by atoms with Gasteiger partial charge >= 0.3 is 6.03 Å². The van der Waals surface area contributed by atoms with Gasteiger partial charge in [-0.25, -0.2) is 13.6 Å². The minimum atomic E-state index is -0.831. The van der Waals surface area contributed by atoms with Crippen molar-refractivity contribution in [2.75, 3.05) is 11.9 Å². The number of urea groups is 1. The highest BCUT2D eigenvalue weighted by Gasteiger charge is 2.32. The van der Waals surface area contributed by atoms with E-state index in [9.17, 15) is 13.6 Å². The predicted molar refractivity (Wildman–Crippen MR) is 70.6 cm³/mol. The Hall–Kier alpha value is -2.18. The molecular formula is C13H15F2N3O2. The van der Waals surface area contributed by atoms with E-state index in [4.69, 9.17) is 4.84 Å². The summed E-state index contributed by atoms with van der Waals surface area (Å²) in [7, 11) is 0. The van der Waals surface area contributed by atoms with Gasteiger partial charge in [0, 0.05) is 12.5 Å². The Morgan fingerprint density at radius 1 is 1.50 bits per heavy atom. The first kappa shape index (κ1) is 14.2. The average Bonchev–Trinajstić information content (AvgIpc) is 2.71. The quantitative estimate of drug-likeness (QED) is 0.895. The first-order valence-electron chi connectivity index (χ1n) is 6.09. The molecule has 0 aromatic heterocycles. The SMILES string of the molecule is CC1=NO[C@@](C)(CNC(=O)Nc2ccc(F)cc2F)C1. The van der Waals surface area contributed by atoms with Crippen molar-refractivity contribution in [3.8, 4) is 0 Å². The lowest BCUT2D eigenvalue weighted by Crippen LogP contribution is -2.42. The molecule has 0 saturated heterocycles. The third-order valence-corrected chi connectivity index (χ3v) is 2.85. The van der Waals surface area contributed by atoms with Crippen LogP contribution < -0.4 is 10.6 Å². The van der Waals surface area contributed by atoms with Gasteiger partial charge in [0.05, 0.1) is 17.9 Å². The first-order valence-corrected chi connectivity index (χ1v) is 6.09. The van der Waals surface area contributed by atoms with Gasteiger partial charge in [-0.05, 0) is 26.0 Å². The number of halogens is 2. The number of oxime groups is 1. The van der Waals surface area contributed by atoms with Gasteiger partial charge in [-0.15, -0.1) is 0 Å². The van der Waals surface area contributed by atoms with E-state index in [0.717, 1.165) is 17.8 Å². The molecule has 0 bridgehead atoms. The van der Waals surface area contributed by atoms with Crippen LogP contribution in [0.1, 0.15) is 20.3 Å². The van der Waals surface area contributed by atoms with Crippen LogP contribution in [0.2, 0.25) is 0 Å².